The summed E-state index contributed by atoms with van der Waals surface area (Å²) in [4.78, 5) is 0. The third-order valence-corrected chi connectivity index (χ3v) is 3.43. The first-order valence-electron chi connectivity index (χ1n) is 6.93. The predicted octanol–water partition coefficient (Wildman–Crippen LogP) is 3.98. The lowest BCUT2D eigenvalue weighted by Crippen LogP contribution is -2.19. The van der Waals surface area contributed by atoms with Crippen LogP contribution in [0.15, 0.2) is 36.4 Å². The van der Waals surface area contributed by atoms with E-state index in [2.05, 4.69) is 5.32 Å². The first-order chi connectivity index (χ1) is 10.1. The van der Waals surface area contributed by atoms with Crippen molar-refractivity contribution in [3.63, 3.8) is 0 Å². The highest BCUT2D eigenvalue weighted by molar-refractivity contribution is 5.37. The van der Waals surface area contributed by atoms with E-state index in [0.29, 0.717) is 17.7 Å². The maximum atomic E-state index is 14.1. The van der Waals surface area contributed by atoms with Gasteiger partial charge in [-0.05, 0) is 44.2 Å². The van der Waals surface area contributed by atoms with Crippen LogP contribution in [0, 0.1) is 18.6 Å². The Hall–Kier alpha value is -1.94. The third-order valence-electron chi connectivity index (χ3n) is 3.43. The highest BCUT2D eigenvalue weighted by Gasteiger charge is 2.19. The Morgan fingerprint density at radius 3 is 2.29 bits per heavy atom. The second-order valence-electron chi connectivity index (χ2n) is 4.82. The molecule has 0 bridgehead atoms. The molecule has 0 heterocycles. The molecule has 0 spiro atoms. The van der Waals surface area contributed by atoms with Crippen LogP contribution in [0.5, 0.6) is 5.75 Å². The van der Waals surface area contributed by atoms with E-state index in [-0.39, 0.29) is 0 Å². The number of hydrogen-bond acceptors (Lipinski definition) is 2. The van der Waals surface area contributed by atoms with Gasteiger partial charge in [0.1, 0.15) is 5.75 Å². The number of aryl methyl sites for hydroxylation is 1. The minimum atomic E-state index is -0.803. The molecule has 2 aromatic rings. The van der Waals surface area contributed by atoms with Crippen LogP contribution >= 0.6 is 0 Å². The standard InChI is InChI=1S/C17H19F2NO/c1-4-21-13-8-6-12(7-9-13)17(20-3)14-10-5-11(2)15(18)16(14)19/h5-10,17,20H,4H2,1-3H3. The second-order valence-corrected chi connectivity index (χ2v) is 4.82. The van der Waals surface area contributed by atoms with Gasteiger partial charge in [0.25, 0.3) is 0 Å². The number of hydrogen-bond donors (Lipinski definition) is 1. The van der Waals surface area contributed by atoms with Crippen molar-refractivity contribution in [2.45, 2.75) is 19.9 Å². The van der Waals surface area contributed by atoms with E-state index in [9.17, 15) is 8.78 Å². The first-order valence-corrected chi connectivity index (χ1v) is 6.93. The highest BCUT2D eigenvalue weighted by atomic mass is 19.2. The van der Waals surface area contributed by atoms with Crippen LogP contribution < -0.4 is 10.1 Å². The van der Waals surface area contributed by atoms with Gasteiger partial charge in [0.15, 0.2) is 11.6 Å². The molecule has 0 saturated heterocycles. The lowest BCUT2D eigenvalue weighted by molar-refractivity contribution is 0.340. The summed E-state index contributed by atoms with van der Waals surface area (Å²) in [7, 11) is 1.72. The zero-order valence-electron chi connectivity index (χ0n) is 12.4. The van der Waals surface area contributed by atoms with Gasteiger partial charge in [-0.1, -0.05) is 24.3 Å². The summed E-state index contributed by atoms with van der Waals surface area (Å²) in [6.45, 7) is 4.05. The fourth-order valence-corrected chi connectivity index (χ4v) is 2.31. The van der Waals surface area contributed by atoms with Crippen LogP contribution in [0.25, 0.3) is 0 Å². The lowest BCUT2D eigenvalue weighted by atomic mass is 9.97. The number of nitrogens with one attached hydrogen (secondary N) is 1. The summed E-state index contributed by atoms with van der Waals surface area (Å²) in [5.74, 6) is -0.839. The van der Waals surface area contributed by atoms with E-state index < -0.39 is 17.7 Å². The summed E-state index contributed by atoms with van der Waals surface area (Å²) in [5, 5.41) is 3.03. The van der Waals surface area contributed by atoms with Gasteiger partial charge in [0, 0.05) is 5.56 Å². The number of benzene rings is 2. The smallest absolute Gasteiger partial charge is 0.164 e. The zero-order chi connectivity index (χ0) is 15.4. The molecule has 0 fully saturated rings. The highest BCUT2D eigenvalue weighted by Crippen LogP contribution is 2.28. The fraction of sp³-hybridized carbons (Fsp3) is 0.294. The normalized spacial score (nSPS) is 12.2. The molecule has 1 atom stereocenters. The zero-order valence-corrected chi connectivity index (χ0v) is 12.4. The average molecular weight is 291 g/mol. The maximum Gasteiger partial charge on any atom is 0.164 e. The maximum absolute atomic E-state index is 14.1. The second kappa shape index (κ2) is 6.68. The number of rotatable bonds is 5. The lowest BCUT2D eigenvalue weighted by Gasteiger charge is -2.19. The molecular weight excluding hydrogens is 272 g/mol. The molecule has 1 unspecified atom stereocenters. The van der Waals surface area contributed by atoms with Crippen molar-refractivity contribution in [1.82, 2.24) is 5.32 Å². The van der Waals surface area contributed by atoms with Gasteiger partial charge in [0.2, 0.25) is 0 Å². The molecular formula is C17H19F2NO. The Balaban J connectivity index is 2.37. The van der Waals surface area contributed by atoms with Crippen molar-refractivity contribution in [1.29, 1.82) is 0 Å². The number of halogens is 2. The molecule has 0 amide bonds. The first kappa shape index (κ1) is 15.4. The fourth-order valence-electron chi connectivity index (χ4n) is 2.31. The molecule has 0 aliphatic rings. The molecule has 0 saturated carbocycles. The van der Waals surface area contributed by atoms with Gasteiger partial charge >= 0.3 is 0 Å². The van der Waals surface area contributed by atoms with E-state index >= 15 is 0 Å². The largest absolute Gasteiger partial charge is 0.494 e. The summed E-state index contributed by atoms with van der Waals surface area (Å²) >= 11 is 0. The average Bonchev–Trinajstić information content (AvgIpc) is 2.50. The monoisotopic (exact) mass is 291 g/mol. The molecule has 21 heavy (non-hydrogen) atoms. The Bertz CT molecular complexity index is 611. The quantitative estimate of drug-likeness (QED) is 0.899. The molecule has 0 aliphatic heterocycles. The summed E-state index contributed by atoms with van der Waals surface area (Å²) < 4.78 is 33.3. The molecule has 0 aromatic heterocycles. The minimum absolute atomic E-state index is 0.296. The Kier molecular flexibility index (Phi) is 4.91. The van der Waals surface area contributed by atoms with Crippen molar-refractivity contribution in [3.05, 3.63) is 64.7 Å². The van der Waals surface area contributed by atoms with E-state index in [1.165, 1.54) is 0 Å². The molecule has 4 heteroatoms. The SMILES string of the molecule is CCOc1ccc(C(NC)c2ccc(C)c(F)c2F)cc1. The van der Waals surface area contributed by atoms with Crippen LogP contribution in [0.3, 0.4) is 0 Å². The number of ether oxygens (including phenoxy) is 1. The summed E-state index contributed by atoms with van der Waals surface area (Å²) in [5.41, 5.74) is 1.45. The van der Waals surface area contributed by atoms with Gasteiger partial charge in [-0.15, -0.1) is 0 Å². The Morgan fingerprint density at radius 1 is 1.05 bits per heavy atom. The van der Waals surface area contributed by atoms with Gasteiger partial charge in [-0.25, -0.2) is 8.78 Å². The van der Waals surface area contributed by atoms with Crippen molar-refractivity contribution in [3.8, 4) is 5.75 Å². The predicted molar refractivity (Wildman–Crippen MR) is 79.6 cm³/mol. The van der Waals surface area contributed by atoms with Crippen molar-refractivity contribution >= 4 is 0 Å². The minimum Gasteiger partial charge on any atom is -0.494 e. The van der Waals surface area contributed by atoms with Gasteiger partial charge in [-0.2, -0.15) is 0 Å². The Morgan fingerprint density at radius 2 is 1.71 bits per heavy atom. The van der Waals surface area contributed by atoms with E-state index in [4.69, 9.17) is 4.74 Å². The van der Waals surface area contributed by atoms with Crippen LogP contribution in [-0.2, 0) is 0 Å². The molecule has 2 rings (SSSR count). The molecule has 2 nitrogen and oxygen atoms in total. The van der Waals surface area contributed by atoms with Crippen LogP contribution in [-0.4, -0.2) is 13.7 Å². The summed E-state index contributed by atoms with van der Waals surface area (Å²) in [6, 6.07) is 10.2. The van der Waals surface area contributed by atoms with Crippen molar-refractivity contribution < 1.29 is 13.5 Å². The van der Waals surface area contributed by atoms with Gasteiger partial charge in [0.05, 0.1) is 12.6 Å². The molecule has 0 aliphatic carbocycles. The molecule has 2 aromatic carbocycles. The van der Waals surface area contributed by atoms with E-state index in [0.717, 1.165) is 11.3 Å². The van der Waals surface area contributed by atoms with Gasteiger partial charge < -0.3 is 10.1 Å². The van der Waals surface area contributed by atoms with Crippen LogP contribution in [0.4, 0.5) is 8.78 Å². The van der Waals surface area contributed by atoms with E-state index in [1.54, 1.807) is 26.1 Å². The molecule has 0 radical (unpaired) electrons. The molecule has 1 N–H and O–H groups in total. The summed E-state index contributed by atoms with van der Waals surface area (Å²) in [6.07, 6.45) is 0. The van der Waals surface area contributed by atoms with E-state index in [1.807, 2.05) is 31.2 Å². The third kappa shape index (κ3) is 3.22. The van der Waals surface area contributed by atoms with Crippen molar-refractivity contribution in [2.75, 3.05) is 13.7 Å². The molecule has 112 valence electrons. The van der Waals surface area contributed by atoms with Crippen LogP contribution in [0.1, 0.15) is 29.7 Å². The topological polar surface area (TPSA) is 21.3 Å². The van der Waals surface area contributed by atoms with Crippen LogP contribution in [0.2, 0.25) is 0 Å². The van der Waals surface area contributed by atoms with Crippen molar-refractivity contribution in [2.24, 2.45) is 0 Å². The van der Waals surface area contributed by atoms with Gasteiger partial charge in [-0.3, -0.25) is 0 Å². The Labute approximate surface area is 123 Å².